The Labute approximate surface area is 97.3 Å². The molecule has 0 spiro atoms. The van der Waals surface area contributed by atoms with Crippen molar-refractivity contribution in [1.29, 1.82) is 0 Å². The van der Waals surface area contributed by atoms with E-state index in [0.717, 1.165) is 35.9 Å². The van der Waals surface area contributed by atoms with E-state index in [1.807, 2.05) is 0 Å². The molecule has 0 unspecified atom stereocenters. The van der Waals surface area contributed by atoms with E-state index in [0.29, 0.717) is 13.0 Å². The summed E-state index contributed by atoms with van der Waals surface area (Å²) in [6, 6.07) is 1.77. The zero-order valence-electron chi connectivity index (χ0n) is 9.55. The van der Waals surface area contributed by atoms with Gasteiger partial charge in [-0.25, -0.2) is 0 Å². The van der Waals surface area contributed by atoms with Crippen LogP contribution in [-0.4, -0.2) is 18.2 Å². The monoisotopic (exact) mass is 248 g/mol. The molecule has 0 aliphatic rings. The van der Waals surface area contributed by atoms with Crippen LogP contribution >= 0.6 is 0 Å². The predicted molar refractivity (Wildman–Crippen MR) is 58.9 cm³/mol. The van der Waals surface area contributed by atoms with Gasteiger partial charge in [0.15, 0.2) is 0 Å². The molecule has 1 heterocycles. The lowest BCUT2D eigenvalue weighted by Crippen LogP contribution is -2.22. The van der Waals surface area contributed by atoms with E-state index in [2.05, 4.69) is 5.32 Å². The van der Waals surface area contributed by atoms with Gasteiger partial charge in [0, 0.05) is 18.8 Å². The van der Waals surface area contributed by atoms with Crippen molar-refractivity contribution in [2.24, 2.45) is 0 Å². The number of aryl methyl sites for hydroxylation is 1. The lowest BCUT2D eigenvalue weighted by atomic mass is 10.2. The smallest absolute Gasteiger partial charge is 0.320 e. The number of unbranched alkanes of at least 4 members (excludes halogenated alkanes) is 1. The van der Waals surface area contributed by atoms with Crippen molar-refractivity contribution in [3.63, 3.8) is 0 Å². The maximum absolute atomic E-state index is 12.4. The fraction of sp³-hybridized carbons (Fsp3) is 0.545. The highest BCUT2D eigenvalue weighted by atomic mass is 19.4. The summed E-state index contributed by atoms with van der Waals surface area (Å²) in [6.45, 7) is 1.10. The Hall–Kier alpha value is -1.30. The van der Waals surface area contributed by atoms with Crippen LogP contribution in [-0.2, 0) is 12.7 Å². The number of rotatable bonds is 5. The van der Waals surface area contributed by atoms with E-state index in [-0.39, 0.29) is 0 Å². The van der Waals surface area contributed by atoms with Crippen LogP contribution in [0.4, 0.5) is 13.2 Å². The molecule has 0 aliphatic heterocycles. The maximum atomic E-state index is 12.4. The Morgan fingerprint density at radius 2 is 2.00 bits per heavy atom. The van der Waals surface area contributed by atoms with Crippen molar-refractivity contribution in [3.05, 3.63) is 34.2 Å². The standard InChI is InChI=1S/C11H15F3N2O/c1-15-6-2-3-7-16-8-9(11(12,13)14)4-5-10(16)17/h4-5,8,15H,2-3,6-7H2,1H3. The van der Waals surface area contributed by atoms with Gasteiger partial charge in [-0.05, 0) is 32.5 Å². The lowest BCUT2D eigenvalue weighted by molar-refractivity contribution is -0.138. The molecular formula is C11H15F3N2O. The molecule has 0 fully saturated rings. The minimum absolute atomic E-state index is 0.310. The zero-order valence-corrected chi connectivity index (χ0v) is 9.55. The molecule has 0 aliphatic carbocycles. The molecule has 3 nitrogen and oxygen atoms in total. The number of nitrogens with one attached hydrogen (secondary N) is 1. The molecule has 0 atom stereocenters. The van der Waals surface area contributed by atoms with Crippen molar-refractivity contribution >= 4 is 0 Å². The van der Waals surface area contributed by atoms with E-state index in [4.69, 9.17) is 0 Å². The topological polar surface area (TPSA) is 34.0 Å². The Balaban J connectivity index is 2.74. The highest BCUT2D eigenvalue weighted by Gasteiger charge is 2.30. The van der Waals surface area contributed by atoms with Gasteiger partial charge < -0.3 is 9.88 Å². The average Bonchev–Trinajstić information content (AvgIpc) is 2.25. The fourth-order valence-corrected chi connectivity index (χ4v) is 1.46. The van der Waals surface area contributed by atoms with Gasteiger partial charge in [0.2, 0.25) is 0 Å². The minimum Gasteiger partial charge on any atom is -0.320 e. The maximum Gasteiger partial charge on any atom is 0.417 e. The number of nitrogens with zero attached hydrogens (tertiary/aromatic N) is 1. The molecule has 0 saturated carbocycles. The summed E-state index contributed by atoms with van der Waals surface area (Å²) in [4.78, 5) is 11.3. The van der Waals surface area contributed by atoms with Crippen LogP contribution in [0.3, 0.4) is 0 Å². The van der Waals surface area contributed by atoms with E-state index < -0.39 is 17.3 Å². The minimum atomic E-state index is -4.40. The van der Waals surface area contributed by atoms with E-state index in [9.17, 15) is 18.0 Å². The third-order valence-corrected chi connectivity index (χ3v) is 2.39. The second kappa shape index (κ2) is 5.86. The molecule has 0 aromatic carbocycles. The molecule has 6 heteroatoms. The fourth-order valence-electron chi connectivity index (χ4n) is 1.46. The van der Waals surface area contributed by atoms with Gasteiger partial charge in [0.25, 0.3) is 5.56 Å². The zero-order chi connectivity index (χ0) is 12.9. The second-order valence-corrected chi connectivity index (χ2v) is 3.76. The Morgan fingerprint density at radius 1 is 1.29 bits per heavy atom. The van der Waals surface area contributed by atoms with Gasteiger partial charge in [-0.1, -0.05) is 0 Å². The first-order valence-electron chi connectivity index (χ1n) is 5.37. The summed E-state index contributed by atoms with van der Waals surface area (Å²) in [6.07, 6.45) is -2.04. The van der Waals surface area contributed by atoms with Gasteiger partial charge in [0.1, 0.15) is 0 Å². The van der Waals surface area contributed by atoms with Crippen LogP contribution in [0.1, 0.15) is 18.4 Å². The van der Waals surface area contributed by atoms with E-state index in [1.165, 1.54) is 0 Å². The molecule has 1 aromatic heterocycles. The van der Waals surface area contributed by atoms with Crippen molar-refractivity contribution in [2.75, 3.05) is 13.6 Å². The summed E-state index contributed by atoms with van der Waals surface area (Å²) in [7, 11) is 1.80. The van der Waals surface area contributed by atoms with Gasteiger partial charge in [-0.3, -0.25) is 4.79 Å². The summed E-state index contributed by atoms with van der Waals surface area (Å²) in [5.41, 5.74) is -1.19. The van der Waals surface area contributed by atoms with Crippen LogP contribution in [0.5, 0.6) is 0 Å². The number of hydrogen-bond acceptors (Lipinski definition) is 2. The number of pyridine rings is 1. The summed E-state index contributed by atoms with van der Waals surface area (Å²) >= 11 is 0. The van der Waals surface area contributed by atoms with Gasteiger partial charge in [-0.2, -0.15) is 13.2 Å². The quantitative estimate of drug-likeness (QED) is 0.807. The molecule has 0 amide bonds. The number of hydrogen-bond donors (Lipinski definition) is 1. The molecule has 0 saturated heterocycles. The van der Waals surface area contributed by atoms with Gasteiger partial charge in [-0.15, -0.1) is 0 Å². The molecular weight excluding hydrogens is 233 g/mol. The normalized spacial score (nSPS) is 11.8. The first-order valence-corrected chi connectivity index (χ1v) is 5.37. The molecule has 0 bridgehead atoms. The summed E-state index contributed by atoms with van der Waals surface area (Å²) < 4.78 is 38.4. The Kier molecular flexibility index (Phi) is 4.74. The second-order valence-electron chi connectivity index (χ2n) is 3.76. The van der Waals surface area contributed by atoms with Crippen molar-refractivity contribution in [2.45, 2.75) is 25.6 Å². The Bertz CT molecular complexity index is 412. The summed E-state index contributed by atoms with van der Waals surface area (Å²) in [5.74, 6) is 0. The molecule has 1 N–H and O–H groups in total. The largest absolute Gasteiger partial charge is 0.417 e. The number of halogens is 3. The van der Waals surface area contributed by atoms with Crippen LogP contribution < -0.4 is 10.9 Å². The van der Waals surface area contributed by atoms with Gasteiger partial charge in [0.05, 0.1) is 5.56 Å². The lowest BCUT2D eigenvalue weighted by Gasteiger charge is -2.10. The SMILES string of the molecule is CNCCCCn1cc(C(F)(F)F)ccc1=O. The van der Waals surface area contributed by atoms with Crippen LogP contribution in [0.15, 0.2) is 23.1 Å². The first-order chi connectivity index (χ1) is 7.95. The number of alkyl halides is 3. The van der Waals surface area contributed by atoms with Crippen LogP contribution in [0, 0.1) is 0 Å². The van der Waals surface area contributed by atoms with Crippen molar-refractivity contribution < 1.29 is 13.2 Å². The van der Waals surface area contributed by atoms with E-state index >= 15 is 0 Å². The Morgan fingerprint density at radius 3 is 2.59 bits per heavy atom. The molecule has 1 aromatic rings. The van der Waals surface area contributed by atoms with Crippen LogP contribution in [0.2, 0.25) is 0 Å². The molecule has 96 valence electrons. The first kappa shape index (κ1) is 13.8. The van der Waals surface area contributed by atoms with Crippen LogP contribution in [0.25, 0.3) is 0 Å². The van der Waals surface area contributed by atoms with E-state index in [1.54, 1.807) is 7.05 Å². The molecule has 17 heavy (non-hydrogen) atoms. The van der Waals surface area contributed by atoms with Crippen molar-refractivity contribution in [1.82, 2.24) is 9.88 Å². The van der Waals surface area contributed by atoms with Crippen molar-refractivity contribution in [3.8, 4) is 0 Å². The third-order valence-electron chi connectivity index (χ3n) is 2.39. The van der Waals surface area contributed by atoms with Gasteiger partial charge >= 0.3 is 6.18 Å². The summed E-state index contributed by atoms with van der Waals surface area (Å²) in [5, 5.41) is 2.94. The predicted octanol–water partition coefficient (Wildman–Crippen LogP) is 1.87. The average molecular weight is 248 g/mol. The third kappa shape index (κ3) is 4.22. The highest BCUT2D eigenvalue weighted by molar-refractivity contribution is 5.13. The molecule has 1 rings (SSSR count). The molecule has 0 radical (unpaired) electrons. The number of aromatic nitrogens is 1. The highest BCUT2D eigenvalue weighted by Crippen LogP contribution is 2.27.